The largest absolute Gasteiger partial charge is 0.339 e. The highest BCUT2D eigenvalue weighted by atomic mass is 79.9. The number of benzene rings is 1. The average molecular weight is 294 g/mol. The second-order valence-corrected chi connectivity index (χ2v) is 5.88. The molecule has 1 amide bonds. The molecule has 2 nitrogen and oxygen atoms in total. The van der Waals surface area contributed by atoms with E-state index in [-0.39, 0.29) is 5.91 Å². The Morgan fingerprint density at radius 1 is 1.41 bits per heavy atom. The fourth-order valence-electron chi connectivity index (χ4n) is 3.46. The molecule has 1 heterocycles. The van der Waals surface area contributed by atoms with E-state index in [9.17, 15) is 4.79 Å². The van der Waals surface area contributed by atoms with Crippen molar-refractivity contribution < 1.29 is 4.79 Å². The fourth-order valence-corrected chi connectivity index (χ4v) is 4.16. The Balaban J connectivity index is 2.01. The Morgan fingerprint density at radius 2 is 2.24 bits per heavy atom. The number of carbonyl (C=O) groups is 1. The molecule has 1 saturated heterocycles. The van der Waals surface area contributed by atoms with Gasteiger partial charge in [-0.05, 0) is 36.5 Å². The van der Waals surface area contributed by atoms with Crippen LogP contribution in [-0.4, -0.2) is 23.4 Å². The van der Waals surface area contributed by atoms with Crippen LogP contribution in [-0.2, 0) is 11.2 Å². The fraction of sp³-hybridized carbons (Fsp3) is 0.500. The number of nitrogens with zero attached hydrogens (tertiary/aromatic N) is 1. The van der Waals surface area contributed by atoms with E-state index in [0.717, 1.165) is 25.8 Å². The van der Waals surface area contributed by atoms with E-state index < -0.39 is 0 Å². The quantitative estimate of drug-likeness (QED) is 0.720. The lowest BCUT2D eigenvalue weighted by atomic mass is 9.79. The van der Waals surface area contributed by atoms with E-state index in [2.05, 4.69) is 39.0 Å². The lowest BCUT2D eigenvalue weighted by Gasteiger charge is -2.33. The summed E-state index contributed by atoms with van der Waals surface area (Å²) in [5.41, 5.74) is 2.92. The number of fused-ring (bicyclic) bond motifs is 3. The maximum Gasteiger partial charge on any atom is 0.219 e. The number of carbonyl (C=O) groups excluding carboxylic acids is 1. The second-order valence-electron chi connectivity index (χ2n) is 5.03. The lowest BCUT2D eigenvalue weighted by molar-refractivity contribution is -0.129. The highest BCUT2D eigenvalue weighted by Crippen LogP contribution is 2.44. The molecule has 0 radical (unpaired) electrons. The SMILES string of the molecule is CC(=O)N1CC[C@H]2c3c(Br)cccc3CC[C@H]21. The summed E-state index contributed by atoms with van der Waals surface area (Å²) in [7, 11) is 0. The zero-order chi connectivity index (χ0) is 12.0. The lowest BCUT2D eigenvalue weighted by Crippen LogP contribution is -2.38. The van der Waals surface area contributed by atoms with E-state index >= 15 is 0 Å². The van der Waals surface area contributed by atoms with Crippen molar-refractivity contribution in [2.75, 3.05) is 6.54 Å². The first-order chi connectivity index (χ1) is 8.18. The predicted octanol–water partition coefficient (Wildman–Crippen LogP) is 3.10. The van der Waals surface area contributed by atoms with Crippen LogP contribution in [0.2, 0.25) is 0 Å². The minimum Gasteiger partial charge on any atom is -0.339 e. The van der Waals surface area contributed by atoms with Gasteiger partial charge in [0.2, 0.25) is 5.91 Å². The van der Waals surface area contributed by atoms with Crippen LogP contribution in [0.5, 0.6) is 0 Å². The predicted molar refractivity (Wildman–Crippen MR) is 71.0 cm³/mol. The summed E-state index contributed by atoms with van der Waals surface area (Å²) >= 11 is 3.67. The van der Waals surface area contributed by atoms with Crippen molar-refractivity contribution in [3.05, 3.63) is 33.8 Å². The van der Waals surface area contributed by atoms with E-state index in [0.29, 0.717) is 12.0 Å². The molecule has 0 spiro atoms. The van der Waals surface area contributed by atoms with Gasteiger partial charge in [0.25, 0.3) is 0 Å². The third kappa shape index (κ3) is 1.71. The van der Waals surface area contributed by atoms with E-state index in [1.54, 1.807) is 6.92 Å². The Morgan fingerprint density at radius 3 is 3.00 bits per heavy atom. The number of halogens is 1. The molecule has 1 aromatic carbocycles. The topological polar surface area (TPSA) is 20.3 Å². The van der Waals surface area contributed by atoms with Crippen molar-refractivity contribution in [3.63, 3.8) is 0 Å². The zero-order valence-electron chi connectivity index (χ0n) is 9.95. The molecule has 17 heavy (non-hydrogen) atoms. The van der Waals surface area contributed by atoms with Crippen LogP contribution in [0.4, 0.5) is 0 Å². The number of likely N-dealkylation sites (tertiary alicyclic amines) is 1. The van der Waals surface area contributed by atoms with Crippen molar-refractivity contribution in [1.29, 1.82) is 0 Å². The maximum atomic E-state index is 11.6. The number of rotatable bonds is 0. The highest BCUT2D eigenvalue weighted by molar-refractivity contribution is 9.10. The molecule has 0 unspecified atom stereocenters. The van der Waals surface area contributed by atoms with Gasteiger partial charge in [-0.15, -0.1) is 0 Å². The van der Waals surface area contributed by atoms with Crippen molar-refractivity contribution in [3.8, 4) is 0 Å². The zero-order valence-corrected chi connectivity index (χ0v) is 11.5. The molecular formula is C14H16BrNO. The van der Waals surface area contributed by atoms with Crippen molar-refractivity contribution in [2.24, 2.45) is 0 Å². The maximum absolute atomic E-state index is 11.6. The van der Waals surface area contributed by atoms with E-state index in [4.69, 9.17) is 0 Å². The third-order valence-electron chi connectivity index (χ3n) is 4.17. The van der Waals surface area contributed by atoms with Crippen LogP contribution in [0, 0.1) is 0 Å². The second kappa shape index (κ2) is 4.13. The van der Waals surface area contributed by atoms with E-state index in [1.165, 1.54) is 15.6 Å². The summed E-state index contributed by atoms with van der Waals surface area (Å²) in [6.07, 6.45) is 3.33. The molecule has 0 bridgehead atoms. The smallest absolute Gasteiger partial charge is 0.219 e. The molecule has 1 aliphatic carbocycles. The van der Waals surface area contributed by atoms with Gasteiger partial charge in [-0.25, -0.2) is 0 Å². The summed E-state index contributed by atoms with van der Waals surface area (Å²) in [6.45, 7) is 2.61. The summed E-state index contributed by atoms with van der Waals surface area (Å²) in [5.74, 6) is 0.770. The normalized spacial score (nSPS) is 26.6. The number of amides is 1. The number of aryl methyl sites for hydroxylation is 1. The summed E-state index contributed by atoms with van der Waals surface area (Å²) in [5, 5.41) is 0. The first kappa shape index (κ1) is 11.3. The van der Waals surface area contributed by atoms with E-state index in [1.807, 2.05) is 0 Å². The molecule has 3 heteroatoms. The van der Waals surface area contributed by atoms with Crippen molar-refractivity contribution in [2.45, 2.75) is 38.1 Å². The standard InChI is InChI=1S/C14H16BrNO/c1-9(17)16-8-7-11-13(16)6-5-10-3-2-4-12(15)14(10)11/h2-4,11,13H,5-8H2,1H3/t11-,13-/m1/s1. The van der Waals surface area contributed by atoms with Gasteiger partial charge < -0.3 is 4.90 Å². The van der Waals surface area contributed by atoms with Gasteiger partial charge in [-0.1, -0.05) is 28.1 Å². The van der Waals surface area contributed by atoms with Crippen LogP contribution in [0.1, 0.15) is 36.8 Å². The van der Waals surface area contributed by atoms with Gasteiger partial charge in [0.15, 0.2) is 0 Å². The Hall–Kier alpha value is -0.830. The van der Waals surface area contributed by atoms with Gasteiger partial charge in [0, 0.05) is 29.9 Å². The average Bonchev–Trinajstić information content (AvgIpc) is 2.72. The van der Waals surface area contributed by atoms with Crippen molar-refractivity contribution in [1.82, 2.24) is 4.90 Å². The monoisotopic (exact) mass is 293 g/mol. The number of hydrogen-bond donors (Lipinski definition) is 0. The van der Waals surface area contributed by atoms with Crippen LogP contribution in [0.3, 0.4) is 0 Å². The molecular weight excluding hydrogens is 278 g/mol. The minimum absolute atomic E-state index is 0.230. The summed E-state index contributed by atoms with van der Waals surface area (Å²) < 4.78 is 1.22. The molecule has 90 valence electrons. The third-order valence-corrected chi connectivity index (χ3v) is 4.87. The summed E-state index contributed by atoms with van der Waals surface area (Å²) in [6, 6.07) is 6.89. The van der Waals surface area contributed by atoms with Gasteiger partial charge in [-0.3, -0.25) is 4.79 Å². The van der Waals surface area contributed by atoms with Crippen LogP contribution in [0.15, 0.2) is 22.7 Å². The van der Waals surface area contributed by atoms with Gasteiger partial charge in [-0.2, -0.15) is 0 Å². The Kier molecular flexibility index (Phi) is 2.74. The highest BCUT2D eigenvalue weighted by Gasteiger charge is 2.40. The minimum atomic E-state index is 0.230. The van der Waals surface area contributed by atoms with Gasteiger partial charge in [0.1, 0.15) is 0 Å². The molecule has 0 aromatic heterocycles. The Labute approximate surface area is 110 Å². The Bertz CT molecular complexity index is 471. The van der Waals surface area contributed by atoms with Gasteiger partial charge in [0.05, 0.1) is 0 Å². The van der Waals surface area contributed by atoms with Crippen LogP contribution < -0.4 is 0 Å². The molecule has 1 aromatic rings. The molecule has 2 aliphatic rings. The molecule has 0 N–H and O–H groups in total. The molecule has 0 saturated carbocycles. The molecule has 1 aliphatic heterocycles. The van der Waals surface area contributed by atoms with Crippen LogP contribution in [0.25, 0.3) is 0 Å². The first-order valence-corrected chi connectivity index (χ1v) is 7.02. The molecule has 2 atom stereocenters. The summed E-state index contributed by atoms with van der Waals surface area (Å²) in [4.78, 5) is 13.7. The first-order valence-electron chi connectivity index (χ1n) is 6.23. The molecule has 3 rings (SSSR count). The number of hydrogen-bond acceptors (Lipinski definition) is 1. The van der Waals surface area contributed by atoms with Gasteiger partial charge >= 0.3 is 0 Å². The molecule has 1 fully saturated rings. The van der Waals surface area contributed by atoms with Crippen molar-refractivity contribution >= 4 is 21.8 Å². The van der Waals surface area contributed by atoms with Crippen LogP contribution >= 0.6 is 15.9 Å².